The topological polar surface area (TPSA) is 35.5 Å². The first-order valence-electron chi connectivity index (χ1n) is 7.22. The molecular weight excluding hydrogens is 236 g/mol. The summed E-state index contributed by atoms with van der Waals surface area (Å²) in [5.41, 5.74) is 2.83. The average molecular weight is 262 g/mol. The Morgan fingerprint density at radius 2 is 1.89 bits per heavy atom. The molecule has 1 atom stereocenters. The normalized spacial score (nSPS) is 20.2. The molecule has 106 valence electrons. The Labute approximate surface area is 116 Å². The minimum absolute atomic E-state index is 0.733. The van der Waals surface area contributed by atoms with Gasteiger partial charge in [-0.2, -0.15) is 0 Å². The molecule has 1 heterocycles. The van der Waals surface area contributed by atoms with Crippen LogP contribution in [0.4, 0.5) is 0 Å². The number of aliphatic hydroxyl groups is 1. The van der Waals surface area contributed by atoms with E-state index in [0.29, 0.717) is 0 Å². The van der Waals surface area contributed by atoms with Gasteiger partial charge in [0.15, 0.2) is 0 Å². The lowest BCUT2D eigenvalue weighted by Crippen LogP contribution is -2.45. The predicted molar refractivity (Wildman–Crippen MR) is 79.4 cm³/mol. The van der Waals surface area contributed by atoms with Gasteiger partial charge in [0.1, 0.15) is 0 Å². The second-order valence-electron chi connectivity index (χ2n) is 5.91. The summed E-state index contributed by atoms with van der Waals surface area (Å²) >= 11 is 0. The lowest BCUT2D eigenvalue weighted by Gasteiger charge is -2.31. The van der Waals surface area contributed by atoms with E-state index in [1.54, 1.807) is 0 Å². The molecule has 2 rings (SSSR count). The van der Waals surface area contributed by atoms with Gasteiger partial charge in [0, 0.05) is 32.7 Å². The molecule has 0 radical (unpaired) electrons. The Kier molecular flexibility index (Phi) is 4.61. The van der Waals surface area contributed by atoms with Gasteiger partial charge in [0.25, 0.3) is 0 Å². The Bertz CT molecular complexity index is 423. The minimum atomic E-state index is -0.733. The smallest absolute Gasteiger partial charge is 0.0880 e. The molecule has 2 N–H and O–H groups in total. The van der Waals surface area contributed by atoms with Gasteiger partial charge in [-0.3, -0.25) is 0 Å². The van der Waals surface area contributed by atoms with Gasteiger partial charge in [-0.1, -0.05) is 18.2 Å². The first-order valence-corrected chi connectivity index (χ1v) is 7.22. The highest BCUT2D eigenvalue weighted by molar-refractivity contribution is 5.32. The van der Waals surface area contributed by atoms with Crippen LogP contribution in [0.1, 0.15) is 30.0 Å². The molecule has 1 fully saturated rings. The van der Waals surface area contributed by atoms with Gasteiger partial charge in [-0.15, -0.1) is 0 Å². The summed E-state index contributed by atoms with van der Waals surface area (Å²) in [7, 11) is 0. The van der Waals surface area contributed by atoms with Gasteiger partial charge in [0.05, 0.1) is 5.60 Å². The Balaban J connectivity index is 1.98. The van der Waals surface area contributed by atoms with Crippen LogP contribution in [-0.2, 0) is 5.60 Å². The van der Waals surface area contributed by atoms with Crippen LogP contribution in [0.5, 0.6) is 0 Å². The van der Waals surface area contributed by atoms with Crippen molar-refractivity contribution in [3.05, 3.63) is 34.9 Å². The number of nitrogens with one attached hydrogen (secondary N) is 1. The molecule has 3 heteroatoms. The molecule has 0 bridgehead atoms. The number of piperazine rings is 1. The van der Waals surface area contributed by atoms with Crippen molar-refractivity contribution in [2.45, 2.75) is 32.8 Å². The standard InChI is InChI=1S/C16H26N2O/c1-13-4-5-15(12-14(13)2)16(3,19)6-9-18-10-7-17-8-11-18/h4-5,12,17,19H,6-11H2,1-3H3. The third kappa shape index (κ3) is 3.78. The summed E-state index contributed by atoms with van der Waals surface area (Å²) in [5.74, 6) is 0. The van der Waals surface area contributed by atoms with Crippen molar-refractivity contribution in [3.8, 4) is 0 Å². The van der Waals surface area contributed by atoms with Crippen LogP contribution in [0.15, 0.2) is 18.2 Å². The van der Waals surface area contributed by atoms with Crippen molar-refractivity contribution < 1.29 is 5.11 Å². The molecule has 0 saturated carbocycles. The van der Waals surface area contributed by atoms with E-state index >= 15 is 0 Å². The third-order valence-corrected chi connectivity index (χ3v) is 4.25. The van der Waals surface area contributed by atoms with Gasteiger partial charge in [-0.25, -0.2) is 0 Å². The molecule has 1 aromatic carbocycles. The molecule has 19 heavy (non-hydrogen) atoms. The monoisotopic (exact) mass is 262 g/mol. The highest BCUT2D eigenvalue weighted by Gasteiger charge is 2.24. The van der Waals surface area contributed by atoms with Crippen LogP contribution in [-0.4, -0.2) is 42.7 Å². The molecule has 0 aliphatic carbocycles. The van der Waals surface area contributed by atoms with E-state index in [-0.39, 0.29) is 0 Å². The molecule has 1 aliphatic heterocycles. The minimum Gasteiger partial charge on any atom is -0.385 e. The van der Waals surface area contributed by atoms with Gasteiger partial charge in [-0.05, 0) is 43.9 Å². The Morgan fingerprint density at radius 3 is 2.53 bits per heavy atom. The fraction of sp³-hybridized carbons (Fsp3) is 0.625. The van der Waals surface area contributed by atoms with Crippen molar-refractivity contribution in [2.24, 2.45) is 0 Å². The maximum absolute atomic E-state index is 10.7. The molecule has 1 unspecified atom stereocenters. The van der Waals surface area contributed by atoms with Gasteiger partial charge in [0.2, 0.25) is 0 Å². The van der Waals surface area contributed by atoms with Gasteiger partial charge >= 0.3 is 0 Å². The predicted octanol–water partition coefficient (Wildman–Crippen LogP) is 1.81. The number of aryl methyl sites for hydroxylation is 2. The summed E-state index contributed by atoms with van der Waals surface area (Å²) in [4.78, 5) is 2.42. The highest BCUT2D eigenvalue weighted by Crippen LogP contribution is 2.26. The lowest BCUT2D eigenvalue weighted by atomic mass is 9.90. The lowest BCUT2D eigenvalue weighted by molar-refractivity contribution is 0.0344. The van der Waals surface area contributed by atoms with E-state index < -0.39 is 5.60 Å². The Hall–Kier alpha value is -0.900. The summed E-state index contributed by atoms with van der Waals surface area (Å²) in [6, 6.07) is 6.27. The van der Waals surface area contributed by atoms with Crippen molar-refractivity contribution in [1.29, 1.82) is 0 Å². The fourth-order valence-corrected chi connectivity index (χ4v) is 2.53. The zero-order valence-electron chi connectivity index (χ0n) is 12.4. The first kappa shape index (κ1) is 14.5. The molecule has 0 aromatic heterocycles. The van der Waals surface area contributed by atoms with Crippen LogP contribution in [0.2, 0.25) is 0 Å². The number of rotatable bonds is 4. The first-order chi connectivity index (χ1) is 8.99. The van der Waals surface area contributed by atoms with Crippen molar-refractivity contribution >= 4 is 0 Å². The van der Waals surface area contributed by atoms with E-state index in [2.05, 4.69) is 42.3 Å². The van der Waals surface area contributed by atoms with E-state index in [1.807, 2.05) is 6.92 Å². The van der Waals surface area contributed by atoms with Crippen LogP contribution in [0, 0.1) is 13.8 Å². The molecule has 1 aliphatic rings. The van der Waals surface area contributed by atoms with Crippen LogP contribution >= 0.6 is 0 Å². The molecular formula is C16H26N2O. The number of hydrogen-bond donors (Lipinski definition) is 2. The van der Waals surface area contributed by atoms with Crippen molar-refractivity contribution in [2.75, 3.05) is 32.7 Å². The maximum atomic E-state index is 10.7. The number of nitrogens with zero attached hydrogens (tertiary/aromatic N) is 1. The van der Waals surface area contributed by atoms with Gasteiger partial charge < -0.3 is 15.3 Å². The number of benzene rings is 1. The zero-order valence-corrected chi connectivity index (χ0v) is 12.4. The van der Waals surface area contributed by atoms with E-state index in [0.717, 1.165) is 44.7 Å². The molecule has 0 amide bonds. The molecule has 1 saturated heterocycles. The second kappa shape index (κ2) is 6.04. The molecule has 3 nitrogen and oxygen atoms in total. The highest BCUT2D eigenvalue weighted by atomic mass is 16.3. The van der Waals surface area contributed by atoms with Crippen LogP contribution in [0.3, 0.4) is 0 Å². The number of hydrogen-bond acceptors (Lipinski definition) is 3. The average Bonchev–Trinajstić information content (AvgIpc) is 2.41. The third-order valence-electron chi connectivity index (χ3n) is 4.25. The quantitative estimate of drug-likeness (QED) is 0.868. The summed E-state index contributed by atoms with van der Waals surface area (Å²) in [6.07, 6.45) is 0.787. The summed E-state index contributed by atoms with van der Waals surface area (Å²) < 4.78 is 0. The fourth-order valence-electron chi connectivity index (χ4n) is 2.53. The van der Waals surface area contributed by atoms with Crippen LogP contribution < -0.4 is 5.32 Å². The van der Waals surface area contributed by atoms with Crippen molar-refractivity contribution in [3.63, 3.8) is 0 Å². The summed E-state index contributed by atoms with van der Waals surface area (Å²) in [5, 5.41) is 14.0. The largest absolute Gasteiger partial charge is 0.385 e. The molecule has 0 spiro atoms. The summed E-state index contributed by atoms with van der Waals surface area (Å²) in [6.45, 7) is 11.4. The Morgan fingerprint density at radius 1 is 1.21 bits per heavy atom. The molecule has 1 aromatic rings. The van der Waals surface area contributed by atoms with E-state index in [1.165, 1.54) is 11.1 Å². The SMILES string of the molecule is Cc1ccc(C(C)(O)CCN2CCNCC2)cc1C. The maximum Gasteiger partial charge on any atom is 0.0880 e. The van der Waals surface area contributed by atoms with Crippen molar-refractivity contribution in [1.82, 2.24) is 10.2 Å². The van der Waals surface area contributed by atoms with E-state index in [4.69, 9.17) is 0 Å². The zero-order chi connectivity index (χ0) is 13.9. The van der Waals surface area contributed by atoms with Crippen LogP contribution in [0.25, 0.3) is 0 Å². The second-order valence-corrected chi connectivity index (χ2v) is 5.91. The van der Waals surface area contributed by atoms with E-state index in [9.17, 15) is 5.11 Å².